The molecule has 0 bridgehead atoms. The van der Waals surface area contributed by atoms with Crippen LogP contribution < -0.4 is 10.1 Å². The van der Waals surface area contributed by atoms with E-state index in [9.17, 15) is 17.6 Å². The Bertz CT molecular complexity index is 875. The highest BCUT2D eigenvalue weighted by Crippen LogP contribution is 2.29. The van der Waals surface area contributed by atoms with Crippen molar-refractivity contribution in [1.82, 2.24) is 14.6 Å². The molecule has 0 radical (unpaired) electrons. The Kier molecular flexibility index (Phi) is 5.19. The van der Waals surface area contributed by atoms with Gasteiger partial charge in [0.15, 0.2) is 0 Å². The van der Waals surface area contributed by atoms with Crippen LogP contribution in [-0.2, 0) is 14.8 Å². The van der Waals surface area contributed by atoms with E-state index in [0.717, 1.165) is 16.4 Å². The van der Waals surface area contributed by atoms with Gasteiger partial charge in [0, 0.05) is 19.7 Å². The minimum atomic E-state index is -3.97. The maximum absolute atomic E-state index is 13.1. The van der Waals surface area contributed by atoms with Crippen LogP contribution >= 0.6 is 0 Å². The Morgan fingerprint density at radius 2 is 2.04 bits per heavy atom. The van der Waals surface area contributed by atoms with Crippen molar-refractivity contribution in [3.8, 4) is 5.75 Å². The van der Waals surface area contributed by atoms with E-state index in [1.807, 2.05) is 0 Å². The molecule has 1 aromatic carbocycles. The number of carbonyl (C=O) groups excluding carboxylic acids is 1. The fourth-order valence-electron chi connectivity index (χ4n) is 2.88. The van der Waals surface area contributed by atoms with Crippen molar-refractivity contribution in [2.75, 3.05) is 13.6 Å². The maximum Gasteiger partial charge on any atom is 0.243 e. The summed E-state index contributed by atoms with van der Waals surface area (Å²) in [4.78, 5) is 16.1. The van der Waals surface area contributed by atoms with Gasteiger partial charge in [0.05, 0.1) is 17.6 Å². The second-order valence-corrected chi connectivity index (χ2v) is 7.71. The summed E-state index contributed by atoms with van der Waals surface area (Å²) in [6, 6.07) is 7.01. The second-order valence-electron chi connectivity index (χ2n) is 5.82. The zero-order valence-corrected chi connectivity index (χ0v) is 14.8. The molecular weight excluding hydrogens is 361 g/mol. The van der Waals surface area contributed by atoms with Crippen molar-refractivity contribution in [3.05, 3.63) is 54.6 Å². The molecular formula is C17H18FN3O4S. The third kappa shape index (κ3) is 3.68. The Morgan fingerprint density at radius 1 is 1.31 bits per heavy atom. The predicted octanol–water partition coefficient (Wildman–Crippen LogP) is 1.18. The van der Waals surface area contributed by atoms with Gasteiger partial charge in [-0.3, -0.25) is 9.78 Å². The Hall–Kier alpha value is -2.52. The first-order chi connectivity index (χ1) is 12.4. The van der Waals surface area contributed by atoms with Gasteiger partial charge in [0.1, 0.15) is 23.7 Å². The van der Waals surface area contributed by atoms with Crippen LogP contribution in [0.5, 0.6) is 5.75 Å². The number of halogens is 1. The molecule has 2 aromatic rings. The number of hydrogen-bond acceptors (Lipinski definition) is 5. The van der Waals surface area contributed by atoms with Crippen LogP contribution in [0.3, 0.4) is 0 Å². The normalized spacial score (nSPS) is 20.7. The van der Waals surface area contributed by atoms with Crippen LogP contribution in [0.4, 0.5) is 4.39 Å². The Balaban J connectivity index is 1.87. The molecule has 1 aliphatic heterocycles. The van der Waals surface area contributed by atoms with Gasteiger partial charge < -0.3 is 10.1 Å². The molecule has 138 valence electrons. The van der Waals surface area contributed by atoms with Crippen molar-refractivity contribution in [2.24, 2.45) is 0 Å². The summed E-state index contributed by atoms with van der Waals surface area (Å²) in [5.41, 5.74) is 0. The first-order valence-corrected chi connectivity index (χ1v) is 9.41. The first-order valence-electron chi connectivity index (χ1n) is 7.97. The van der Waals surface area contributed by atoms with Gasteiger partial charge in [-0.25, -0.2) is 12.8 Å². The van der Waals surface area contributed by atoms with E-state index in [0.29, 0.717) is 5.75 Å². The van der Waals surface area contributed by atoms with Crippen molar-refractivity contribution in [2.45, 2.75) is 23.5 Å². The van der Waals surface area contributed by atoms with Crippen molar-refractivity contribution < 1.29 is 22.3 Å². The van der Waals surface area contributed by atoms with Gasteiger partial charge in [-0.1, -0.05) is 0 Å². The molecule has 1 saturated heterocycles. The lowest BCUT2D eigenvalue weighted by Gasteiger charge is -2.22. The van der Waals surface area contributed by atoms with E-state index in [1.54, 1.807) is 18.3 Å². The van der Waals surface area contributed by atoms with E-state index < -0.39 is 33.9 Å². The average molecular weight is 379 g/mol. The van der Waals surface area contributed by atoms with Gasteiger partial charge in [0.2, 0.25) is 15.9 Å². The van der Waals surface area contributed by atoms with Crippen molar-refractivity contribution >= 4 is 15.9 Å². The van der Waals surface area contributed by atoms with E-state index >= 15 is 0 Å². The number of aromatic nitrogens is 1. The fourth-order valence-corrected chi connectivity index (χ4v) is 4.51. The molecule has 7 nitrogen and oxygen atoms in total. The van der Waals surface area contributed by atoms with Gasteiger partial charge in [-0.05, 0) is 36.4 Å². The lowest BCUT2D eigenvalue weighted by atomic mass is 10.2. The summed E-state index contributed by atoms with van der Waals surface area (Å²) in [7, 11) is -2.53. The number of rotatable bonds is 5. The number of ether oxygens (including phenoxy) is 1. The Morgan fingerprint density at radius 3 is 2.65 bits per heavy atom. The fraction of sp³-hybridized carbons (Fsp3) is 0.294. The molecule has 1 amide bonds. The number of likely N-dealkylation sites (N-methyl/N-ethyl adjacent to an activating group) is 1. The highest BCUT2D eigenvalue weighted by Gasteiger charge is 2.44. The number of nitrogens with zero attached hydrogens (tertiary/aromatic N) is 2. The SMILES string of the molecule is CNC(=O)[C@H]1C[C@H](Oc2cccnc2)CN1S(=O)(=O)c1ccc(F)cc1. The smallest absolute Gasteiger partial charge is 0.243 e. The molecule has 1 N–H and O–H groups in total. The lowest BCUT2D eigenvalue weighted by Crippen LogP contribution is -2.44. The third-order valence-corrected chi connectivity index (χ3v) is 6.01. The number of benzene rings is 1. The molecule has 1 fully saturated rings. The van der Waals surface area contributed by atoms with Crippen molar-refractivity contribution in [1.29, 1.82) is 0 Å². The van der Waals surface area contributed by atoms with Gasteiger partial charge in [-0.15, -0.1) is 0 Å². The second kappa shape index (κ2) is 7.38. The number of nitrogens with one attached hydrogen (secondary N) is 1. The van der Waals surface area contributed by atoms with Crippen LogP contribution in [0.25, 0.3) is 0 Å². The van der Waals surface area contributed by atoms with E-state index in [1.165, 1.54) is 25.4 Å². The molecule has 3 rings (SSSR count). The molecule has 2 atom stereocenters. The van der Waals surface area contributed by atoms with Crippen LogP contribution in [0.15, 0.2) is 53.7 Å². The van der Waals surface area contributed by atoms with Crippen LogP contribution in [0.2, 0.25) is 0 Å². The Labute approximate surface area is 150 Å². The summed E-state index contributed by atoms with van der Waals surface area (Å²) >= 11 is 0. The zero-order valence-electron chi connectivity index (χ0n) is 14.0. The minimum Gasteiger partial charge on any atom is -0.487 e. The largest absolute Gasteiger partial charge is 0.487 e. The molecule has 9 heteroatoms. The lowest BCUT2D eigenvalue weighted by molar-refractivity contribution is -0.123. The van der Waals surface area contributed by atoms with Gasteiger partial charge >= 0.3 is 0 Å². The number of hydrogen-bond donors (Lipinski definition) is 1. The number of sulfonamides is 1. The standard InChI is InChI=1S/C17H18FN3O4S/c1-19-17(22)16-9-14(25-13-3-2-8-20-10-13)11-21(16)26(23,24)15-6-4-12(18)5-7-15/h2-8,10,14,16H,9,11H2,1H3,(H,19,22)/t14-,16+/m0/s1. The van der Waals surface area contributed by atoms with Crippen molar-refractivity contribution in [3.63, 3.8) is 0 Å². The summed E-state index contributed by atoms with van der Waals surface area (Å²) in [6.45, 7) is 0.00664. The van der Waals surface area contributed by atoms with Gasteiger partial charge in [-0.2, -0.15) is 4.31 Å². The number of amides is 1. The minimum absolute atomic E-state index is 0.00664. The van der Waals surface area contributed by atoms with Crippen LogP contribution in [-0.4, -0.2) is 49.4 Å². The van der Waals surface area contributed by atoms with Gasteiger partial charge in [0.25, 0.3) is 0 Å². The molecule has 0 saturated carbocycles. The third-order valence-electron chi connectivity index (χ3n) is 4.12. The summed E-state index contributed by atoms with van der Waals surface area (Å²) in [6.07, 6.45) is 2.82. The van der Waals surface area contributed by atoms with E-state index in [2.05, 4.69) is 10.3 Å². The number of carbonyl (C=O) groups is 1. The molecule has 0 unspecified atom stereocenters. The highest BCUT2D eigenvalue weighted by molar-refractivity contribution is 7.89. The molecule has 1 aliphatic rings. The molecule has 1 aromatic heterocycles. The molecule has 0 aliphatic carbocycles. The molecule has 2 heterocycles. The van der Waals surface area contributed by atoms with E-state index in [4.69, 9.17) is 4.74 Å². The van der Waals surface area contributed by atoms with E-state index in [-0.39, 0.29) is 17.9 Å². The zero-order chi connectivity index (χ0) is 18.7. The summed E-state index contributed by atoms with van der Waals surface area (Å²) in [5.74, 6) is -0.465. The summed E-state index contributed by atoms with van der Waals surface area (Å²) < 4.78 is 45.8. The molecule has 26 heavy (non-hydrogen) atoms. The molecule has 0 spiro atoms. The summed E-state index contributed by atoms with van der Waals surface area (Å²) in [5, 5.41) is 2.48. The highest BCUT2D eigenvalue weighted by atomic mass is 32.2. The predicted molar refractivity (Wildman–Crippen MR) is 91.4 cm³/mol. The monoisotopic (exact) mass is 379 g/mol. The first kappa shape index (κ1) is 18.3. The van der Waals surface area contributed by atoms with Crippen LogP contribution in [0.1, 0.15) is 6.42 Å². The quantitative estimate of drug-likeness (QED) is 0.843. The average Bonchev–Trinajstić information content (AvgIpc) is 3.07. The van der Waals surface area contributed by atoms with Crippen LogP contribution in [0, 0.1) is 5.82 Å². The topological polar surface area (TPSA) is 88.6 Å². The number of pyridine rings is 1. The maximum atomic E-state index is 13.1.